The topological polar surface area (TPSA) is 15.8 Å². The molecule has 70 valence electrons. The van der Waals surface area contributed by atoms with E-state index in [9.17, 15) is 0 Å². The summed E-state index contributed by atoms with van der Waals surface area (Å²) < 4.78 is 5.20. The molecular weight excluding hydrogens is 170 g/mol. The van der Waals surface area contributed by atoms with Gasteiger partial charge in [-0.15, -0.1) is 0 Å². The molecule has 12 heavy (non-hydrogen) atoms. The molecule has 0 bridgehead atoms. The van der Waals surface area contributed by atoms with Crippen molar-refractivity contribution in [3.05, 3.63) is 0 Å². The zero-order chi connectivity index (χ0) is 8.23. The average molecular weight is 187 g/mol. The minimum absolute atomic E-state index is 0.612. The van der Waals surface area contributed by atoms with Gasteiger partial charge in [-0.1, -0.05) is 0 Å². The molecular formula is C9H17NOS. The average Bonchev–Trinajstić information content (AvgIpc) is 2.90. The van der Waals surface area contributed by atoms with Crippen LogP contribution >= 0.6 is 11.8 Å². The molecule has 2 saturated heterocycles. The van der Waals surface area contributed by atoms with Crippen LogP contribution in [-0.2, 0) is 4.74 Å². The molecule has 0 radical (unpaired) electrons. The van der Waals surface area contributed by atoms with Crippen LogP contribution in [-0.4, -0.2) is 48.8 Å². The van der Waals surface area contributed by atoms with Gasteiger partial charge in [0.25, 0.3) is 0 Å². The Morgan fingerprint density at radius 3 is 3.08 bits per heavy atom. The molecule has 0 aliphatic carbocycles. The maximum atomic E-state index is 5.20. The van der Waals surface area contributed by atoms with Crippen molar-refractivity contribution in [1.29, 1.82) is 0 Å². The number of hydrogen-bond acceptors (Lipinski definition) is 3. The van der Waals surface area contributed by atoms with Crippen LogP contribution in [0.15, 0.2) is 0 Å². The maximum Gasteiger partial charge on any atom is 0.0822 e. The SMILES string of the molecule is C1CSCCN(CCC2CO2)C1. The van der Waals surface area contributed by atoms with Crippen molar-refractivity contribution in [2.45, 2.75) is 18.9 Å². The van der Waals surface area contributed by atoms with Gasteiger partial charge in [-0.3, -0.25) is 0 Å². The highest BCUT2D eigenvalue weighted by molar-refractivity contribution is 7.99. The van der Waals surface area contributed by atoms with E-state index in [0.29, 0.717) is 6.10 Å². The predicted octanol–water partition coefficient (Wildman–Crippen LogP) is 1.21. The summed E-state index contributed by atoms with van der Waals surface area (Å²) in [5, 5.41) is 0. The minimum atomic E-state index is 0.612. The third-order valence-corrected chi connectivity index (χ3v) is 3.53. The van der Waals surface area contributed by atoms with Crippen molar-refractivity contribution in [3.63, 3.8) is 0 Å². The standard InChI is InChI=1S/C9H17NOS/c1-3-10(5-7-12-6-1)4-2-9-8-11-9/h9H,1-8H2. The first kappa shape index (κ1) is 8.85. The van der Waals surface area contributed by atoms with Gasteiger partial charge in [0.15, 0.2) is 0 Å². The molecule has 2 nitrogen and oxygen atoms in total. The lowest BCUT2D eigenvalue weighted by Crippen LogP contribution is -2.27. The van der Waals surface area contributed by atoms with E-state index in [1.54, 1.807) is 0 Å². The van der Waals surface area contributed by atoms with Crippen LogP contribution in [0.2, 0.25) is 0 Å². The third kappa shape index (κ3) is 2.96. The van der Waals surface area contributed by atoms with E-state index in [1.807, 2.05) is 0 Å². The second-order valence-electron chi connectivity index (χ2n) is 3.55. The van der Waals surface area contributed by atoms with E-state index in [0.717, 1.165) is 6.61 Å². The zero-order valence-corrected chi connectivity index (χ0v) is 8.31. The van der Waals surface area contributed by atoms with Crippen LogP contribution in [0.5, 0.6) is 0 Å². The number of nitrogens with zero attached hydrogens (tertiary/aromatic N) is 1. The molecule has 0 aromatic heterocycles. The highest BCUT2D eigenvalue weighted by Crippen LogP contribution is 2.15. The van der Waals surface area contributed by atoms with Crippen molar-refractivity contribution in [2.24, 2.45) is 0 Å². The van der Waals surface area contributed by atoms with Gasteiger partial charge >= 0.3 is 0 Å². The lowest BCUT2D eigenvalue weighted by atomic mass is 10.3. The van der Waals surface area contributed by atoms with E-state index < -0.39 is 0 Å². The van der Waals surface area contributed by atoms with Crippen LogP contribution in [0.3, 0.4) is 0 Å². The summed E-state index contributed by atoms with van der Waals surface area (Å²) in [6, 6.07) is 0. The molecule has 2 heterocycles. The summed E-state index contributed by atoms with van der Waals surface area (Å²) >= 11 is 2.10. The van der Waals surface area contributed by atoms with E-state index in [-0.39, 0.29) is 0 Å². The smallest absolute Gasteiger partial charge is 0.0822 e. The first-order valence-corrected chi connectivity index (χ1v) is 6.02. The summed E-state index contributed by atoms with van der Waals surface area (Å²) in [5.74, 6) is 2.68. The fraction of sp³-hybridized carbons (Fsp3) is 1.00. The highest BCUT2D eigenvalue weighted by atomic mass is 32.2. The Kier molecular flexibility index (Phi) is 3.31. The molecule has 2 aliphatic heterocycles. The van der Waals surface area contributed by atoms with Crippen molar-refractivity contribution in [2.75, 3.05) is 37.7 Å². The normalized spacial score (nSPS) is 31.5. The second-order valence-corrected chi connectivity index (χ2v) is 4.78. The fourth-order valence-corrected chi connectivity index (χ4v) is 2.51. The van der Waals surface area contributed by atoms with E-state index in [1.165, 1.54) is 44.0 Å². The van der Waals surface area contributed by atoms with Crippen LogP contribution in [0, 0.1) is 0 Å². The Morgan fingerprint density at radius 2 is 2.25 bits per heavy atom. The summed E-state index contributed by atoms with van der Waals surface area (Å²) in [4.78, 5) is 2.58. The number of hydrogen-bond donors (Lipinski definition) is 0. The van der Waals surface area contributed by atoms with Gasteiger partial charge in [-0.25, -0.2) is 0 Å². The molecule has 2 rings (SSSR count). The highest BCUT2D eigenvalue weighted by Gasteiger charge is 2.22. The van der Waals surface area contributed by atoms with Gasteiger partial charge in [0.2, 0.25) is 0 Å². The first-order valence-electron chi connectivity index (χ1n) is 4.87. The van der Waals surface area contributed by atoms with Crippen LogP contribution in [0.1, 0.15) is 12.8 Å². The molecule has 0 saturated carbocycles. The van der Waals surface area contributed by atoms with Crippen molar-refractivity contribution < 1.29 is 4.74 Å². The van der Waals surface area contributed by atoms with Crippen molar-refractivity contribution in [3.8, 4) is 0 Å². The molecule has 3 heteroatoms. The fourth-order valence-electron chi connectivity index (χ4n) is 1.58. The molecule has 2 fully saturated rings. The predicted molar refractivity (Wildman–Crippen MR) is 52.7 cm³/mol. The van der Waals surface area contributed by atoms with Gasteiger partial charge < -0.3 is 9.64 Å². The lowest BCUT2D eigenvalue weighted by molar-refractivity contribution is 0.273. The Morgan fingerprint density at radius 1 is 1.33 bits per heavy atom. The van der Waals surface area contributed by atoms with Gasteiger partial charge in [0.1, 0.15) is 0 Å². The van der Waals surface area contributed by atoms with Crippen LogP contribution < -0.4 is 0 Å². The Bertz CT molecular complexity index is 130. The largest absolute Gasteiger partial charge is 0.373 e. The molecule has 2 aliphatic rings. The number of rotatable bonds is 3. The molecule has 0 spiro atoms. The van der Waals surface area contributed by atoms with Gasteiger partial charge in [0, 0.05) is 18.8 Å². The molecule has 0 N–H and O–H groups in total. The maximum absolute atomic E-state index is 5.20. The van der Waals surface area contributed by atoms with Crippen LogP contribution in [0.25, 0.3) is 0 Å². The van der Waals surface area contributed by atoms with Gasteiger partial charge in [0.05, 0.1) is 12.7 Å². The summed E-state index contributed by atoms with van der Waals surface area (Å²) in [6.07, 6.45) is 3.24. The molecule has 0 amide bonds. The van der Waals surface area contributed by atoms with E-state index in [4.69, 9.17) is 4.74 Å². The molecule has 0 aromatic carbocycles. The quantitative estimate of drug-likeness (QED) is 0.618. The monoisotopic (exact) mass is 187 g/mol. The van der Waals surface area contributed by atoms with Crippen LogP contribution in [0.4, 0.5) is 0 Å². The van der Waals surface area contributed by atoms with Crippen molar-refractivity contribution >= 4 is 11.8 Å². The van der Waals surface area contributed by atoms with Gasteiger partial charge in [-0.05, 0) is 25.1 Å². The minimum Gasteiger partial charge on any atom is -0.373 e. The Hall–Kier alpha value is 0.270. The van der Waals surface area contributed by atoms with E-state index >= 15 is 0 Å². The first-order chi connectivity index (χ1) is 5.95. The molecule has 1 atom stereocenters. The van der Waals surface area contributed by atoms with E-state index in [2.05, 4.69) is 16.7 Å². The lowest BCUT2D eigenvalue weighted by Gasteiger charge is -2.18. The number of epoxide rings is 1. The van der Waals surface area contributed by atoms with Gasteiger partial charge in [-0.2, -0.15) is 11.8 Å². The number of ether oxygens (including phenoxy) is 1. The van der Waals surface area contributed by atoms with Crippen molar-refractivity contribution in [1.82, 2.24) is 4.90 Å². The molecule has 1 unspecified atom stereocenters. The Labute approximate surface area is 78.6 Å². The zero-order valence-electron chi connectivity index (χ0n) is 7.50. The summed E-state index contributed by atoms with van der Waals surface area (Å²) in [6.45, 7) is 4.87. The summed E-state index contributed by atoms with van der Waals surface area (Å²) in [7, 11) is 0. The molecule has 0 aromatic rings. The third-order valence-electron chi connectivity index (χ3n) is 2.48. The Balaban J connectivity index is 1.62. The summed E-state index contributed by atoms with van der Waals surface area (Å²) in [5.41, 5.74) is 0. The number of thioether (sulfide) groups is 1. The second kappa shape index (κ2) is 4.49.